The molecule has 4 heteroatoms. The SMILES string of the molecule is Nc1ccc2cc(CN3CCOCC3)oc2c1. The van der Waals surface area contributed by atoms with Crippen molar-refractivity contribution in [2.75, 3.05) is 32.0 Å². The van der Waals surface area contributed by atoms with Crippen LogP contribution in [0.3, 0.4) is 0 Å². The molecule has 0 amide bonds. The van der Waals surface area contributed by atoms with E-state index in [2.05, 4.69) is 11.0 Å². The molecule has 0 spiro atoms. The Morgan fingerprint density at radius 1 is 1.18 bits per heavy atom. The number of anilines is 1. The lowest BCUT2D eigenvalue weighted by molar-refractivity contribution is 0.0315. The van der Waals surface area contributed by atoms with Crippen LogP contribution in [0.25, 0.3) is 11.0 Å². The summed E-state index contributed by atoms with van der Waals surface area (Å²) in [6, 6.07) is 7.86. The molecule has 1 aromatic heterocycles. The van der Waals surface area contributed by atoms with Gasteiger partial charge in [0, 0.05) is 30.2 Å². The Labute approximate surface area is 99.9 Å². The summed E-state index contributed by atoms with van der Waals surface area (Å²) in [6.07, 6.45) is 0. The third-order valence-corrected chi connectivity index (χ3v) is 3.08. The largest absolute Gasteiger partial charge is 0.460 e. The Kier molecular flexibility index (Phi) is 2.74. The highest BCUT2D eigenvalue weighted by Crippen LogP contribution is 2.22. The van der Waals surface area contributed by atoms with E-state index >= 15 is 0 Å². The van der Waals surface area contributed by atoms with Gasteiger partial charge in [-0.05, 0) is 18.2 Å². The van der Waals surface area contributed by atoms with Crippen molar-refractivity contribution in [1.82, 2.24) is 4.90 Å². The third-order valence-electron chi connectivity index (χ3n) is 3.08. The quantitative estimate of drug-likeness (QED) is 0.803. The van der Waals surface area contributed by atoms with E-state index in [0.29, 0.717) is 0 Å². The van der Waals surface area contributed by atoms with Gasteiger partial charge in [-0.2, -0.15) is 0 Å². The molecule has 0 saturated carbocycles. The number of hydrogen-bond acceptors (Lipinski definition) is 4. The highest BCUT2D eigenvalue weighted by Gasteiger charge is 2.13. The summed E-state index contributed by atoms with van der Waals surface area (Å²) in [5.41, 5.74) is 7.34. The summed E-state index contributed by atoms with van der Waals surface area (Å²) < 4.78 is 11.1. The van der Waals surface area contributed by atoms with Crippen molar-refractivity contribution in [2.24, 2.45) is 0 Å². The van der Waals surface area contributed by atoms with Gasteiger partial charge < -0.3 is 14.9 Å². The molecule has 2 aromatic rings. The van der Waals surface area contributed by atoms with E-state index in [-0.39, 0.29) is 0 Å². The first-order valence-electron chi connectivity index (χ1n) is 5.89. The number of nitrogen functional groups attached to an aromatic ring is 1. The minimum Gasteiger partial charge on any atom is -0.460 e. The smallest absolute Gasteiger partial charge is 0.136 e. The van der Waals surface area contributed by atoms with Crippen LogP contribution < -0.4 is 5.73 Å². The summed E-state index contributed by atoms with van der Waals surface area (Å²) in [5.74, 6) is 0.993. The summed E-state index contributed by atoms with van der Waals surface area (Å²) in [6.45, 7) is 4.41. The van der Waals surface area contributed by atoms with Crippen LogP contribution in [0, 0.1) is 0 Å². The highest BCUT2D eigenvalue weighted by atomic mass is 16.5. The molecule has 17 heavy (non-hydrogen) atoms. The normalized spacial score (nSPS) is 17.6. The van der Waals surface area contributed by atoms with Crippen LogP contribution in [0.5, 0.6) is 0 Å². The second kappa shape index (κ2) is 4.39. The fraction of sp³-hybridized carbons (Fsp3) is 0.385. The summed E-state index contributed by atoms with van der Waals surface area (Å²) in [4.78, 5) is 2.34. The Bertz CT molecular complexity index is 515. The zero-order valence-electron chi connectivity index (χ0n) is 9.69. The van der Waals surface area contributed by atoms with E-state index in [1.807, 2.05) is 18.2 Å². The molecule has 1 aliphatic heterocycles. The molecule has 0 unspecified atom stereocenters. The van der Waals surface area contributed by atoms with Crippen LogP contribution in [0.4, 0.5) is 5.69 Å². The number of nitrogens with zero attached hydrogens (tertiary/aromatic N) is 1. The number of fused-ring (bicyclic) bond motifs is 1. The minimum atomic E-state index is 0.741. The molecular formula is C13H16N2O2. The van der Waals surface area contributed by atoms with Crippen molar-refractivity contribution in [3.63, 3.8) is 0 Å². The molecule has 0 atom stereocenters. The molecule has 0 radical (unpaired) electrons. The molecule has 0 aliphatic carbocycles. The number of hydrogen-bond donors (Lipinski definition) is 1. The predicted octanol–water partition coefficient (Wildman–Crippen LogP) is 1.85. The van der Waals surface area contributed by atoms with Crippen LogP contribution in [0.15, 0.2) is 28.7 Å². The van der Waals surface area contributed by atoms with Gasteiger partial charge in [0.25, 0.3) is 0 Å². The number of benzene rings is 1. The van der Waals surface area contributed by atoms with Gasteiger partial charge in [-0.3, -0.25) is 4.90 Å². The lowest BCUT2D eigenvalue weighted by Crippen LogP contribution is -2.35. The zero-order valence-corrected chi connectivity index (χ0v) is 9.69. The van der Waals surface area contributed by atoms with E-state index in [1.54, 1.807) is 0 Å². The van der Waals surface area contributed by atoms with E-state index in [1.165, 1.54) is 0 Å². The standard InChI is InChI=1S/C13H16N2O2/c14-11-2-1-10-7-12(17-13(10)8-11)9-15-3-5-16-6-4-15/h1-2,7-8H,3-6,9,14H2. The first-order chi connectivity index (χ1) is 8.31. The minimum absolute atomic E-state index is 0.741. The summed E-state index contributed by atoms with van der Waals surface area (Å²) >= 11 is 0. The second-order valence-corrected chi connectivity index (χ2v) is 4.40. The lowest BCUT2D eigenvalue weighted by Gasteiger charge is -2.25. The number of furan rings is 1. The van der Waals surface area contributed by atoms with Crippen molar-refractivity contribution in [3.8, 4) is 0 Å². The molecular weight excluding hydrogens is 216 g/mol. The molecule has 4 nitrogen and oxygen atoms in total. The third kappa shape index (κ3) is 2.28. The van der Waals surface area contributed by atoms with Gasteiger partial charge in [0.2, 0.25) is 0 Å². The van der Waals surface area contributed by atoms with E-state index in [4.69, 9.17) is 14.9 Å². The van der Waals surface area contributed by atoms with Gasteiger partial charge in [0.15, 0.2) is 0 Å². The molecule has 2 heterocycles. The van der Waals surface area contributed by atoms with Crippen LogP contribution in [-0.4, -0.2) is 31.2 Å². The van der Waals surface area contributed by atoms with Crippen LogP contribution in [0.1, 0.15) is 5.76 Å². The Morgan fingerprint density at radius 2 is 2.00 bits per heavy atom. The van der Waals surface area contributed by atoms with Gasteiger partial charge >= 0.3 is 0 Å². The maximum Gasteiger partial charge on any atom is 0.136 e. The lowest BCUT2D eigenvalue weighted by atomic mass is 10.2. The fourth-order valence-corrected chi connectivity index (χ4v) is 2.16. The number of rotatable bonds is 2. The molecule has 1 fully saturated rings. The molecule has 0 bridgehead atoms. The fourth-order valence-electron chi connectivity index (χ4n) is 2.16. The van der Waals surface area contributed by atoms with Crippen LogP contribution >= 0.6 is 0 Å². The second-order valence-electron chi connectivity index (χ2n) is 4.40. The van der Waals surface area contributed by atoms with Crippen molar-refractivity contribution < 1.29 is 9.15 Å². The zero-order chi connectivity index (χ0) is 11.7. The van der Waals surface area contributed by atoms with E-state index in [9.17, 15) is 0 Å². The van der Waals surface area contributed by atoms with E-state index in [0.717, 1.165) is 55.3 Å². The Hall–Kier alpha value is -1.52. The molecule has 1 saturated heterocycles. The molecule has 1 aliphatic rings. The van der Waals surface area contributed by atoms with Crippen molar-refractivity contribution in [3.05, 3.63) is 30.0 Å². The molecule has 2 N–H and O–H groups in total. The topological polar surface area (TPSA) is 51.6 Å². The van der Waals surface area contributed by atoms with Gasteiger partial charge in [-0.15, -0.1) is 0 Å². The first-order valence-corrected chi connectivity index (χ1v) is 5.89. The van der Waals surface area contributed by atoms with E-state index < -0.39 is 0 Å². The highest BCUT2D eigenvalue weighted by molar-refractivity contribution is 5.81. The van der Waals surface area contributed by atoms with Gasteiger partial charge in [-0.1, -0.05) is 0 Å². The molecule has 1 aromatic carbocycles. The van der Waals surface area contributed by atoms with Crippen molar-refractivity contribution in [2.45, 2.75) is 6.54 Å². The van der Waals surface area contributed by atoms with Gasteiger partial charge in [-0.25, -0.2) is 0 Å². The number of morpholine rings is 1. The average Bonchev–Trinajstić information content (AvgIpc) is 2.71. The summed E-state index contributed by atoms with van der Waals surface area (Å²) in [5, 5.41) is 1.11. The number of nitrogens with two attached hydrogens (primary N) is 1. The van der Waals surface area contributed by atoms with Crippen molar-refractivity contribution >= 4 is 16.7 Å². The first kappa shape index (κ1) is 10.6. The monoisotopic (exact) mass is 232 g/mol. The van der Waals surface area contributed by atoms with Gasteiger partial charge in [0.1, 0.15) is 11.3 Å². The van der Waals surface area contributed by atoms with Gasteiger partial charge in [0.05, 0.1) is 19.8 Å². The molecule has 3 rings (SSSR count). The average molecular weight is 232 g/mol. The maximum atomic E-state index is 5.79. The maximum absolute atomic E-state index is 5.79. The Balaban J connectivity index is 1.80. The Morgan fingerprint density at radius 3 is 2.82 bits per heavy atom. The molecule has 90 valence electrons. The van der Waals surface area contributed by atoms with Crippen LogP contribution in [0.2, 0.25) is 0 Å². The van der Waals surface area contributed by atoms with Crippen LogP contribution in [-0.2, 0) is 11.3 Å². The summed E-state index contributed by atoms with van der Waals surface area (Å²) in [7, 11) is 0. The predicted molar refractivity (Wildman–Crippen MR) is 66.7 cm³/mol. The van der Waals surface area contributed by atoms with Crippen molar-refractivity contribution in [1.29, 1.82) is 0 Å². The number of ether oxygens (including phenoxy) is 1.